The molecule has 0 aliphatic carbocycles. The molecule has 0 bridgehead atoms. The normalized spacial score (nSPS) is 10.8. The summed E-state index contributed by atoms with van der Waals surface area (Å²) in [7, 11) is 0. The molecule has 4 rings (SSSR count). The molecule has 0 atom stereocenters. The zero-order valence-electron chi connectivity index (χ0n) is 15.9. The molecule has 2 heterocycles. The Labute approximate surface area is 180 Å². The molecule has 2 aromatic carbocycles. The second-order valence-electron chi connectivity index (χ2n) is 6.47. The van der Waals surface area contributed by atoms with Crippen LogP contribution in [0.2, 0.25) is 0 Å². The Bertz CT molecular complexity index is 1200. The minimum Gasteiger partial charge on any atom is -0.293 e. The number of nitro groups is 1. The Morgan fingerprint density at radius 1 is 1.13 bits per heavy atom. The van der Waals surface area contributed by atoms with Crippen molar-refractivity contribution in [2.45, 2.75) is 12.1 Å². The van der Waals surface area contributed by atoms with Gasteiger partial charge >= 0.3 is 0 Å². The topological polar surface area (TPSA) is 90.9 Å². The van der Waals surface area contributed by atoms with E-state index >= 15 is 0 Å². The van der Waals surface area contributed by atoms with Gasteiger partial charge in [0.05, 0.1) is 15.6 Å². The van der Waals surface area contributed by atoms with Gasteiger partial charge < -0.3 is 0 Å². The maximum atomic E-state index is 12.6. The number of ketones is 1. The van der Waals surface area contributed by atoms with Crippen molar-refractivity contribution < 1.29 is 9.72 Å². The number of carbonyl (C=O) groups excluding carboxylic acids is 1. The molecule has 30 heavy (non-hydrogen) atoms. The Morgan fingerprint density at radius 3 is 2.63 bits per heavy atom. The van der Waals surface area contributed by atoms with Crippen molar-refractivity contribution in [3.8, 4) is 16.4 Å². The average Bonchev–Trinajstić information content (AvgIpc) is 3.42. The third kappa shape index (κ3) is 4.17. The fraction of sp³-hybridized carbons (Fsp3) is 0.0952. The fourth-order valence-corrected chi connectivity index (χ4v) is 4.41. The highest BCUT2D eigenvalue weighted by Gasteiger charge is 2.19. The number of Topliss-reactive ketones (excluding diaryl/α,β-unsaturated/α-hetero) is 1. The number of hydrogen-bond donors (Lipinski definition) is 0. The molecule has 0 saturated heterocycles. The van der Waals surface area contributed by atoms with Crippen molar-refractivity contribution >= 4 is 34.6 Å². The summed E-state index contributed by atoms with van der Waals surface area (Å²) in [6.45, 7) is 2.02. The van der Waals surface area contributed by atoms with E-state index in [0.717, 1.165) is 16.1 Å². The van der Waals surface area contributed by atoms with Crippen LogP contribution in [0.15, 0.2) is 71.2 Å². The first-order valence-corrected chi connectivity index (χ1v) is 10.9. The van der Waals surface area contributed by atoms with E-state index < -0.39 is 4.92 Å². The molecule has 150 valence electrons. The number of thioether (sulfide) groups is 1. The van der Waals surface area contributed by atoms with E-state index in [0.29, 0.717) is 16.5 Å². The minimum atomic E-state index is -0.509. The maximum Gasteiger partial charge on any atom is 0.270 e. The van der Waals surface area contributed by atoms with Crippen molar-refractivity contribution in [3.05, 3.63) is 87.3 Å². The van der Waals surface area contributed by atoms with E-state index in [4.69, 9.17) is 0 Å². The zero-order valence-corrected chi connectivity index (χ0v) is 17.5. The number of rotatable bonds is 7. The number of hydrogen-bond acceptors (Lipinski definition) is 7. The minimum absolute atomic E-state index is 0.0929. The summed E-state index contributed by atoms with van der Waals surface area (Å²) in [6, 6.07) is 17.7. The lowest BCUT2D eigenvalue weighted by molar-refractivity contribution is -0.384. The van der Waals surface area contributed by atoms with Crippen molar-refractivity contribution in [2.75, 3.05) is 5.75 Å². The van der Waals surface area contributed by atoms with Crippen LogP contribution in [0.25, 0.3) is 16.4 Å². The van der Waals surface area contributed by atoms with Gasteiger partial charge in [-0.1, -0.05) is 47.7 Å². The molecular formula is C21H16N4O3S2. The molecule has 2 aromatic heterocycles. The quantitative estimate of drug-likeness (QED) is 0.171. The summed E-state index contributed by atoms with van der Waals surface area (Å²) in [5, 5.41) is 22.2. The van der Waals surface area contributed by atoms with Gasteiger partial charge in [0, 0.05) is 23.4 Å². The van der Waals surface area contributed by atoms with Crippen molar-refractivity contribution in [1.82, 2.24) is 14.8 Å². The number of benzene rings is 2. The van der Waals surface area contributed by atoms with Crippen LogP contribution in [-0.4, -0.2) is 31.2 Å². The smallest absolute Gasteiger partial charge is 0.270 e. The summed E-state index contributed by atoms with van der Waals surface area (Å²) in [4.78, 5) is 24.0. The van der Waals surface area contributed by atoms with Crippen molar-refractivity contribution in [2.24, 2.45) is 0 Å². The maximum absolute atomic E-state index is 12.6. The highest BCUT2D eigenvalue weighted by Crippen LogP contribution is 2.31. The van der Waals surface area contributed by atoms with E-state index in [1.165, 1.54) is 30.0 Å². The lowest BCUT2D eigenvalue weighted by Crippen LogP contribution is -2.05. The van der Waals surface area contributed by atoms with E-state index in [1.54, 1.807) is 17.4 Å². The third-order valence-electron chi connectivity index (χ3n) is 4.38. The SMILES string of the molecule is Cc1ccc(-n2c(SCC(=O)c3cccc([N+](=O)[O-])c3)nnc2-c2cccs2)cc1. The molecule has 0 aliphatic rings. The Balaban J connectivity index is 1.63. The number of nitro benzene ring substituents is 1. The monoisotopic (exact) mass is 436 g/mol. The van der Waals surface area contributed by atoms with Crippen LogP contribution < -0.4 is 0 Å². The van der Waals surface area contributed by atoms with E-state index in [1.807, 2.05) is 53.3 Å². The van der Waals surface area contributed by atoms with Gasteiger partial charge in [-0.25, -0.2) is 0 Å². The average molecular weight is 437 g/mol. The lowest BCUT2D eigenvalue weighted by atomic mass is 10.1. The van der Waals surface area contributed by atoms with Gasteiger partial charge in [0.2, 0.25) is 0 Å². The molecule has 4 aromatic rings. The first kappa shape index (κ1) is 20.0. The fourth-order valence-electron chi connectivity index (χ4n) is 2.86. The van der Waals surface area contributed by atoms with Crippen LogP contribution in [0, 0.1) is 17.0 Å². The summed E-state index contributed by atoms with van der Waals surface area (Å²) in [5.74, 6) is 0.592. The predicted molar refractivity (Wildman–Crippen MR) is 118 cm³/mol. The second-order valence-corrected chi connectivity index (χ2v) is 8.36. The van der Waals surface area contributed by atoms with Gasteiger partial charge in [0.15, 0.2) is 16.8 Å². The highest BCUT2D eigenvalue weighted by atomic mass is 32.2. The van der Waals surface area contributed by atoms with Crippen LogP contribution in [0.5, 0.6) is 0 Å². The Kier molecular flexibility index (Phi) is 5.73. The van der Waals surface area contributed by atoms with Crippen LogP contribution in [0.3, 0.4) is 0 Å². The molecule has 0 N–H and O–H groups in total. The molecule has 9 heteroatoms. The molecule has 0 unspecified atom stereocenters. The standard InChI is InChI=1S/C21H16N4O3S2/c1-14-7-9-16(10-8-14)24-20(19-6-3-11-29-19)22-23-21(24)30-13-18(26)15-4-2-5-17(12-15)25(27)28/h2-12H,13H2,1H3. The second kappa shape index (κ2) is 8.60. The Morgan fingerprint density at radius 2 is 1.93 bits per heavy atom. The van der Waals surface area contributed by atoms with Gasteiger partial charge in [-0.05, 0) is 30.5 Å². The number of aromatic nitrogens is 3. The summed E-state index contributed by atoms with van der Waals surface area (Å²) >= 11 is 2.82. The molecule has 0 aliphatic heterocycles. The molecule has 0 amide bonds. The van der Waals surface area contributed by atoms with Gasteiger partial charge in [-0.15, -0.1) is 21.5 Å². The molecule has 0 fully saturated rings. The summed E-state index contributed by atoms with van der Waals surface area (Å²) < 4.78 is 1.93. The van der Waals surface area contributed by atoms with E-state index in [-0.39, 0.29) is 17.2 Å². The van der Waals surface area contributed by atoms with Gasteiger partial charge in [0.1, 0.15) is 0 Å². The predicted octanol–water partition coefficient (Wildman–Crippen LogP) is 5.19. The van der Waals surface area contributed by atoms with Gasteiger partial charge in [-0.3, -0.25) is 19.5 Å². The number of non-ortho nitro benzene ring substituents is 1. The molecular weight excluding hydrogens is 420 g/mol. The molecule has 7 nitrogen and oxygen atoms in total. The van der Waals surface area contributed by atoms with Gasteiger partial charge in [-0.2, -0.15) is 0 Å². The highest BCUT2D eigenvalue weighted by molar-refractivity contribution is 7.99. The van der Waals surface area contributed by atoms with Gasteiger partial charge in [0.25, 0.3) is 5.69 Å². The molecule has 0 spiro atoms. The molecule has 0 saturated carbocycles. The Hall–Kier alpha value is -3.30. The number of carbonyl (C=O) groups is 1. The van der Waals surface area contributed by atoms with E-state index in [9.17, 15) is 14.9 Å². The number of thiophene rings is 1. The van der Waals surface area contributed by atoms with Crippen molar-refractivity contribution in [3.63, 3.8) is 0 Å². The summed E-state index contributed by atoms with van der Waals surface area (Å²) in [5.41, 5.74) is 2.24. The molecule has 0 radical (unpaired) electrons. The van der Waals surface area contributed by atoms with Crippen molar-refractivity contribution in [1.29, 1.82) is 0 Å². The van der Waals surface area contributed by atoms with Crippen LogP contribution in [0.4, 0.5) is 5.69 Å². The first-order valence-electron chi connectivity index (χ1n) is 9.00. The van der Waals surface area contributed by atoms with Crippen LogP contribution >= 0.6 is 23.1 Å². The number of nitrogens with zero attached hydrogens (tertiary/aromatic N) is 4. The third-order valence-corrected chi connectivity index (χ3v) is 6.17. The van der Waals surface area contributed by atoms with Crippen LogP contribution in [0.1, 0.15) is 15.9 Å². The lowest BCUT2D eigenvalue weighted by Gasteiger charge is -2.10. The summed E-state index contributed by atoms with van der Waals surface area (Å²) in [6.07, 6.45) is 0. The zero-order chi connectivity index (χ0) is 21.1. The largest absolute Gasteiger partial charge is 0.293 e. The number of aryl methyl sites for hydroxylation is 1. The first-order chi connectivity index (χ1) is 14.5. The van der Waals surface area contributed by atoms with Crippen LogP contribution in [-0.2, 0) is 0 Å². The van der Waals surface area contributed by atoms with E-state index in [2.05, 4.69) is 10.2 Å².